The first kappa shape index (κ1) is 39.1. The van der Waals surface area contributed by atoms with Gasteiger partial charge in [-0.15, -0.1) is 0 Å². The Labute approximate surface area is 252 Å². The predicted octanol–water partition coefficient (Wildman–Crippen LogP) is 13.2. The van der Waals surface area contributed by atoms with Crippen molar-refractivity contribution < 1.29 is 9.59 Å². The van der Waals surface area contributed by atoms with Crippen molar-refractivity contribution in [2.24, 2.45) is 0 Å². The van der Waals surface area contributed by atoms with Gasteiger partial charge in [0.05, 0.1) is 0 Å². The third kappa shape index (κ3) is 33.3. The number of ketones is 2. The molecular weight excluding hydrogens is 488 g/mol. The zero-order valence-electron chi connectivity index (χ0n) is 27.6. The number of unbranched alkanes of at least 4 members (excludes halogenated alkanes) is 25. The van der Waals surface area contributed by atoms with E-state index < -0.39 is 0 Å². The zero-order valence-corrected chi connectivity index (χ0v) is 27.6. The summed E-state index contributed by atoms with van der Waals surface area (Å²) in [4.78, 5) is 23.4. The number of allylic oxidation sites excluding steroid dienone is 2. The van der Waals surface area contributed by atoms with E-state index in [9.17, 15) is 9.59 Å². The fourth-order valence-corrected chi connectivity index (χ4v) is 5.64. The SMILES string of the molecule is CCCCCCCCCCCCCCCCC(=O)CCCCC=CCCCCCCCCCCCCC(=O)CC. The molecule has 0 aliphatic rings. The van der Waals surface area contributed by atoms with Crippen LogP contribution in [0.4, 0.5) is 0 Å². The Balaban J connectivity index is 3.22. The quantitative estimate of drug-likeness (QED) is 0.0579. The average molecular weight is 561 g/mol. The summed E-state index contributed by atoms with van der Waals surface area (Å²) in [5, 5.41) is 0. The van der Waals surface area contributed by atoms with Crippen molar-refractivity contribution in [1.82, 2.24) is 0 Å². The molecule has 0 rings (SSSR count). The number of Topliss-reactive ketones (excluding diaryl/α,β-unsaturated/α-hetero) is 2. The molecule has 0 heterocycles. The predicted molar refractivity (Wildman–Crippen MR) is 178 cm³/mol. The first-order chi connectivity index (χ1) is 19.7. The minimum atomic E-state index is 0.423. The molecule has 0 aliphatic heterocycles. The van der Waals surface area contributed by atoms with E-state index in [0.29, 0.717) is 18.0 Å². The van der Waals surface area contributed by atoms with E-state index in [1.54, 1.807) is 0 Å². The molecule has 236 valence electrons. The van der Waals surface area contributed by atoms with Crippen LogP contribution in [0.25, 0.3) is 0 Å². The van der Waals surface area contributed by atoms with Gasteiger partial charge in [0, 0.05) is 25.7 Å². The maximum Gasteiger partial charge on any atom is 0.132 e. The fraction of sp³-hybridized carbons (Fsp3) is 0.895. The van der Waals surface area contributed by atoms with Gasteiger partial charge in [0.1, 0.15) is 11.6 Å². The van der Waals surface area contributed by atoms with Crippen LogP contribution >= 0.6 is 0 Å². The lowest BCUT2D eigenvalue weighted by atomic mass is 10.0. The Kier molecular flexibility index (Phi) is 33.5. The summed E-state index contributed by atoms with van der Waals surface area (Å²) in [5.41, 5.74) is 0. The highest BCUT2D eigenvalue weighted by Crippen LogP contribution is 2.15. The van der Waals surface area contributed by atoms with Crippen LogP contribution in [-0.2, 0) is 9.59 Å². The largest absolute Gasteiger partial charge is 0.300 e. The molecule has 2 heteroatoms. The first-order valence-electron chi connectivity index (χ1n) is 18.4. The molecular formula is C38H72O2. The molecule has 0 unspecified atom stereocenters. The van der Waals surface area contributed by atoms with Gasteiger partial charge < -0.3 is 0 Å². The summed E-state index contributed by atoms with van der Waals surface area (Å²) in [6, 6.07) is 0. The lowest BCUT2D eigenvalue weighted by Gasteiger charge is -2.03. The zero-order chi connectivity index (χ0) is 29.2. The summed E-state index contributed by atoms with van der Waals surface area (Å²) >= 11 is 0. The van der Waals surface area contributed by atoms with Gasteiger partial charge in [-0.3, -0.25) is 9.59 Å². The second-order valence-corrected chi connectivity index (χ2v) is 12.6. The van der Waals surface area contributed by atoms with Crippen LogP contribution in [0, 0.1) is 0 Å². The Morgan fingerprint density at radius 2 is 0.625 bits per heavy atom. The van der Waals surface area contributed by atoms with Crippen molar-refractivity contribution in [2.45, 2.75) is 219 Å². The Bertz CT molecular complexity index is 550. The lowest BCUT2D eigenvalue weighted by molar-refractivity contribution is -0.119. The molecule has 0 bridgehead atoms. The molecule has 0 amide bonds. The summed E-state index contributed by atoms with van der Waals surface area (Å²) < 4.78 is 0. The van der Waals surface area contributed by atoms with Crippen LogP contribution in [0.15, 0.2) is 12.2 Å². The van der Waals surface area contributed by atoms with Gasteiger partial charge in [-0.2, -0.15) is 0 Å². The summed E-state index contributed by atoms with van der Waals surface area (Å²) in [7, 11) is 0. The normalized spacial score (nSPS) is 11.6. The monoisotopic (exact) mass is 561 g/mol. The van der Waals surface area contributed by atoms with Gasteiger partial charge in [-0.25, -0.2) is 0 Å². The molecule has 40 heavy (non-hydrogen) atoms. The van der Waals surface area contributed by atoms with E-state index in [1.165, 1.54) is 148 Å². The highest BCUT2D eigenvalue weighted by Gasteiger charge is 2.02. The number of rotatable bonds is 34. The number of carbonyl (C=O) groups excluding carboxylic acids is 2. The van der Waals surface area contributed by atoms with Crippen LogP contribution in [0.1, 0.15) is 219 Å². The van der Waals surface area contributed by atoms with Crippen molar-refractivity contribution >= 4 is 11.6 Å². The maximum atomic E-state index is 12.1. The Morgan fingerprint density at radius 3 is 1.00 bits per heavy atom. The number of hydrogen-bond donors (Lipinski definition) is 0. The minimum Gasteiger partial charge on any atom is -0.300 e. The van der Waals surface area contributed by atoms with Crippen LogP contribution in [0.3, 0.4) is 0 Å². The van der Waals surface area contributed by atoms with E-state index in [4.69, 9.17) is 0 Å². The molecule has 0 atom stereocenters. The van der Waals surface area contributed by atoms with E-state index in [2.05, 4.69) is 19.1 Å². The van der Waals surface area contributed by atoms with E-state index in [1.807, 2.05) is 6.92 Å². The van der Waals surface area contributed by atoms with E-state index in [0.717, 1.165) is 51.4 Å². The average Bonchev–Trinajstić information content (AvgIpc) is 2.96. The molecule has 0 fully saturated rings. The van der Waals surface area contributed by atoms with Crippen LogP contribution < -0.4 is 0 Å². The first-order valence-corrected chi connectivity index (χ1v) is 18.4. The minimum absolute atomic E-state index is 0.423. The van der Waals surface area contributed by atoms with Gasteiger partial charge in [-0.1, -0.05) is 161 Å². The molecule has 0 radical (unpaired) electrons. The molecule has 0 aromatic heterocycles. The molecule has 0 N–H and O–H groups in total. The van der Waals surface area contributed by atoms with Crippen LogP contribution in [-0.4, -0.2) is 11.6 Å². The second kappa shape index (κ2) is 34.3. The molecule has 0 spiro atoms. The van der Waals surface area contributed by atoms with Gasteiger partial charge >= 0.3 is 0 Å². The van der Waals surface area contributed by atoms with Crippen molar-refractivity contribution in [1.29, 1.82) is 0 Å². The van der Waals surface area contributed by atoms with Crippen molar-refractivity contribution in [2.75, 3.05) is 0 Å². The topological polar surface area (TPSA) is 34.1 Å². The van der Waals surface area contributed by atoms with Gasteiger partial charge in [0.15, 0.2) is 0 Å². The molecule has 0 aliphatic carbocycles. The van der Waals surface area contributed by atoms with E-state index in [-0.39, 0.29) is 0 Å². The van der Waals surface area contributed by atoms with Gasteiger partial charge in [0.2, 0.25) is 0 Å². The Hall–Kier alpha value is -0.920. The summed E-state index contributed by atoms with van der Waals surface area (Å²) in [5.74, 6) is 0.915. The summed E-state index contributed by atoms with van der Waals surface area (Å²) in [6.45, 7) is 4.25. The standard InChI is InChI=1S/C38H72O2/c1-3-5-6-7-8-9-10-11-16-20-23-26-29-32-35-38(40)36-33-30-27-24-21-18-15-13-12-14-17-19-22-25-28-31-34-37(39)4-2/h21,24H,3-20,22-23,25-36H2,1-2H3. The lowest BCUT2D eigenvalue weighted by Crippen LogP contribution is -1.97. The third-order valence-corrected chi connectivity index (χ3v) is 8.52. The number of hydrogen-bond acceptors (Lipinski definition) is 2. The van der Waals surface area contributed by atoms with Crippen LogP contribution in [0.5, 0.6) is 0 Å². The molecule has 0 saturated heterocycles. The van der Waals surface area contributed by atoms with Gasteiger partial charge in [-0.05, 0) is 44.9 Å². The van der Waals surface area contributed by atoms with E-state index >= 15 is 0 Å². The van der Waals surface area contributed by atoms with Crippen molar-refractivity contribution in [3.63, 3.8) is 0 Å². The third-order valence-electron chi connectivity index (χ3n) is 8.52. The smallest absolute Gasteiger partial charge is 0.132 e. The molecule has 0 aromatic carbocycles. The molecule has 2 nitrogen and oxygen atoms in total. The van der Waals surface area contributed by atoms with Crippen molar-refractivity contribution in [3.8, 4) is 0 Å². The van der Waals surface area contributed by atoms with Crippen molar-refractivity contribution in [3.05, 3.63) is 12.2 Å². The molecule has 0 aromatic rings. The summed E-state index contributed by atoms with van der Waals surface area (Å²) in [6.07, 6.45) is 44.8. The molecule has 0 saturated carbocycles. The number of carbonyl (C=O) groups is 2. The Morgan fingerprint density at radius 1 is 0.350 bits per heavy atom. The second-order valence-electron chi connectivity index (χ2n) is 12.6. The fourth-order valence-electron chi connectivity index (χ4n) is 5.64. The highest BCUT2D eigenvalue weighted by atomic mass is 16.1. The van der Waals surface area contributed by atoms with Gasteiger partial charge in [0.25, 0.3) is 0 Å². The van der Waals surface area contributed by atoms with Crippen LogP contribution in [0.2, 0.25) is 0 Å². The maximum absolute atomic E-state index is 12.1. The highest BCUT2D eigenvalue weighted by molar-refractivity contribution is 5.78.